The van der Waals surface area contributed by atoms with Crippen LogP contribution >= 0.6 is 0 Å². The number of nitrogens with zero attached hydrogens (tertiary/aromatic N) is 2. The number of benzene rings is 1. The molecule has 150 valence electrons. The van der Waals surface area contributed by atoms with E-state index in [1.54, 1.807) is 42.1 Å². The molecular weight excluding hydrogens is 372 g/mol. The normalized spacial score (nSPS) is 25.8. The summed E-state index contributed by atoms with van der Waals surface area (Å²) in [5, 5.41) is 16.3. The van der Waals surface area contributed by atoms with Crippen molar-refractivity contribution in [1.82, 2.24) is 15.8 Å². The molecule has 0 spiro atoms. The number of rotatable bonds is 5. The van der Waals surface area contributed by atoms with E-state index in [9.17, 15) is 9.59 Å². The number of hydrogen-bond acceptors (Lipinski definition) is 6. The molecule has 4 atom stereocenters. The first kappa shape index (κ1) is 19.1. The number of carbonyl (C=O) groups excluding carboxylic acids is 2. The van der Waals surface area contributed by atoms with E-state index in [0.29, 0.717) is 17.7 Å². The molecule has 0 bridgehead atoms. The highest BCUT2D eigenvalue weighted by Gasteiger charge is 2.48. The predicted molar refractivity (Wildman–Crippen MR) is 104 cm³/mol. The van der Waals surface area contributed by atoms with Crippen LogP contribution in [0.3, 0.4) is 0 Å². The van der Waals surface area contributed by atoms with Crippen LogP contribution in [-0.4, -0.2) is 33.9 Å². The second kappa shape index (κ2) is 8.40. The number of pyridine rings is 1. The minimum atomic E-state index is -0.706. The molecule has 2 aromatic rings. The third kappa shape index (κ3) is 3.84. The van der Waals surface area contributed by atoms with Crippen LogP contribution in [0.4, 0.5) is 0 Å². The minimum absolute atomic E-state index is 0.127. The van der Waals surface area contributed by atoms with Crippen molar-refractivity contribution in [3.05, 3.63) is 66.0 Å². The fourth-order valence-corrected chi connectivity index (χ4v) is 4.32. The molecule has 0 saturated heterocycles. The van der Waals surface area contributed by atoms with Crippen molar-refractivity contribution in [3.8, 4) is 0 Å². The number of carbonyl (C=O) groups is 2. The molecule has 8 heteroatoms. The third-order valence-corrected chi connectivity index (χ3v) is 5.67. The molecule has 2 amide bonds. The summed E-state index contributed by atoms with van der Waals surface area (Å²) >= 11 is 0. The van der Waals surface area contributed by atoms with Gasteiger partial charge in [0.05, 0.1) is 11.6 Å². The van der Waals surface area contributed by atoms with Gasteiger partial charge in [-0.05, 0) is 43.0 Å². The summed E-state index contributed by atoms with van der Waals surface area (Å²) in [7, 11) is 0. The summed E-state index contributed by atoms with van der Waals surface area (Å²) in [4.78, 5) is 34.6. The number of hydroxylamine groups is 1. The van der Waals surface area contributed by atoms with Crippen LogP contribution < -0.4 is 10.8 Å². The van der Waals surface area contributed by atoms with E-state index in [1.165, 1.54) is 0 Å². The van der Waals surface area contributed by atoms with Crippen molar-refractivity contribution in [2.45, 2.75) is 25.5 Å². The molecule has 1 aliphatic heterocycles. The van der Waals surface area contributed by atoms with Crippen LogP contribution in [-0.2, 0) is 9.63 Å². The Bertz CT molecular complexity index is 903. The van der Waals surface area contributed by atoms with Crippen molar-refractivity contribution in [2.24, 2.45) is 22.9 Å². The van der Waals surface area contributed by atoms with Crippen molar-refractivity contribution in [1.29, 1.82) is 0 Å². The summed E-state index contributed by atoms with van der Waals surface area (Å²) in [6, 6.07) is 12.5. The lowest BCUT2D eigenvalue weighted by Crippen LogP contribution is -2.46. The summed E-state index contributed by atoms with van der Waals surface area (Å²) in [6.45, 7) is 0. The van der Waals surface area contributed by atoms with Crippen LogP contribution in [0.5, 0.6) is 0 Å². The Morgan fingerprint density at radius 1 is 1.07 bits per heavy atom. The average Bonchev–Trinajstić information content (AvgIpc) is 3.41. The Morgan fingerprint density at radius 2 is 1.83 bits per heavy atom. The minimum Gasteiger partial charge on any atom is -0.370 e. The van der Waals surface area contributed by atoms with E-state index in [2.05, 4.69) is 15.5 Å². The molecule has 2 aliphatic rings. The van der Waals surface area contributed by atoms with Crippen molar-refractivity contribution in [3.63, 3.8) is 0 Å². The van der Waals surface area contributed by atoms with E-state index in [0.717, 1.165) is 18.4 Å². The van der Waals surface area contributed by atoms with Gasteiger partial charge in [-0.1, -0.05) is 29.8 Å². The molecule has 1 fully saturated rings. The lowest BCUT2D eigenvalue weighted by Gasteiger charge is -2.28. The van der Waals surface area contributed by atoms with Gasteiger partial charge in [0.15, 0.2) is 0 Å². The number of hydrogen-bond donors (Lipinski definition) is 3. The highest BCUT2D eigenvalue weighted by molar-refractivity contribution is 6.04. The lowest BCUT2D eigenvalue weighted by atomic mass is 9.78. The van der Waals surface area contributed by atoms with Crippen LogP contribution in [0.2, 0.25) is 0 Å². The van der Waals surface area contributed by atoms with Gasteiger partial charge in [0.25, 0.3) is 5.91 Å². The summed E-state index contributed by atoms with van der Waals surface area (Å²) < 4.78 is 0. The zero-order chi connectivity index (χ0) is 20.2. The van der Waals surface area contributed by atoms with E-state index in [-0.39, 0.29) is 23.7 Å². The third-order valence-electron chi connectivity index (χ3n) is 5.67. The average molecular weight is 394 g/mol. The van der Waals surface area contributed by atoms with Gasteiger partial charge in [-0.25, -0.2) is 5.48 Å². The van der Waals surface area contributed by atoms with Crippen LogP contribution in [0.25, 0.3) is 0 Å². The van der Waals surface area contributed by atoms with Gasteiger partial charge in [-0.2, -0.15) is 0 Å². The quantitative estimate of drug-likeness (QED) is 0.531. The molecule has 2 heterocycles. The molecule has 29 heavy (non-hydrogen) atoms. The fourth-order valence-electron chi connectivity index (χ4n) is 4.32. The zero-order valence-corrected chi connectivity index (χ0v) is 15.7. The molecule has 3 N–H and O–H groups in total. The zero-order valence-electron chi connectivity index (χ0n) is 15.7. The molecule has 4 unspecified atom stereocenters. The number of amides is 2. The Kier molecular flexibility index (Phi) is 5.53. The van der Waals surface area contributed by atoms with Crippen molar-refractivity contribution >= 4 is 17.5 Å². The second-order valence-electron chi connectivity index (χ2n) is 7.28. The first-order chi connectivity index (χ1) is 14.2. The fraction of sp³-hybridized carbons (Fsp3) is 0.333. The first-order valence-corrected chi connectivity index (χ1v) is 9.63. The Morgan fingerprint density at radius 3 is 2.55 bits per heavy atom. The largest absolute Gasteiger partial charge is 0.370 e. The van der Waals surface area contributed by atoms with E-state index in [1.807, 2.05) is 18.2 Å². The Labute approximate surface area is 167 Å². The topological polar surface area (TPSA) is 113 Å². The molecule has 1 aliphatic carbocycles. The first-order valence-electron chi connectivity index (χ1n) is 9.63. The molecule has 1 aromatic heterocycles. The van der Waals surface area contributed by atoms with E-state index in [4.69, 9.17) is 10.0 Å². The van der Waals surface area contributed by atoms with Gasteiger partial charge >= 0.3 is 0 Å². The van der Waals surface area contributed by atoms with Crippen LogP contribution in [0.15, 0.2) is 60.0 Å². The van der Waals surface area contributed by atoms with Crippen molar-refractivity contribution in [2.75, 3.05) is 0 Å². The Hall–Kier alpha value is -3.26. The Balaban J connectivity index is 1.63. The maximum absolute atomic E-state index is 12.7. The molecule has 1 aromatic carbocycles. The van der Waals surface area contributed by atoms with Gasteiger partial charge in [0.1, 0.15) is 0 Å². The standard InChI is InChI=1S/C21H22N4O4/c26-19(14-5-2-1-3-6-14)23-21-17(15-7-4-8-16(15)20(27)24-28)18(25-29-21)13-9-11-22-12-10-13/h1-3,5-6,9-12,15-17,21,28H,4,7-8H2,(H,23,26)(H,24,27). The number of aromatic nitrogens is 1. The summed E-state index contributed by atoms with van der Waals surface area (Å²) in [6.07, 6.45) is 4.91. The van der Waals surface area contributed by atoms with Crippen LogP contribution in [0.1, 0.15) is 35.2 Å². The molecule has 1 saturated carbocycles. The number of nitrogens with one attached hydrogen (secondary N) is 2. The van der Waals surface area contributed by atoms with E-state index >= 15 is 0 Å². The van der Waals surface area contributed by atoms with Gasteiger partial charge in [-0.3, -0.25) is 19.8 Å². The van der Waals surface area contributed by atoms with Gasteiger partial charge in [0.2, 0.25) is 12.1 Å². The molecule has 8 nitrogen and oxygen atoms in total. The smallest absolute Gasteiger partial charge is 0.254 e. The SMILES string of the molecule is O=C(NC1ON=C(c2ccncc2)C1C1CCCC1C(=O)NO)c1ccccc1. The van der Waals surface area contributed by atoms with E-state index < -0.39 is 12.1 Å². The van der Waals surface area contributed by atoms with Gasteiger partial charge in [0, 0.05) is 29.4 Å². The summed E-state index contributed by atoms with van der Waals surface area (Å²) in [5.74, 6) is -1.52. The highest BCUT2D eigenvalue weighted by Crippen LogP contribution is 2.42. The molecule has 0 radical (unpaired) electrons. The van der Waals surface area contributed by atoms with Crippen molar-refractivity contribution < 1.29 is 19.6 Å². The molecular formula is C21H22N4O4. The maximum atomic E-state index is 12.7. The monoisotopic (exact) mass is 394 g/mol. The molecule has 4 rings (SSSR count). The number of oxime groups is 1. The highest BCUT2D eigenvalue weighted by atomic mass is 16.7. The maximum Gasteiger partial charge on any atom is 0.254 e. The van der Waals surface area contributed by atoms with Crippen LogP contribution in [0, 0.1) is 17.8 Å². The lowest BCUT2D eigenvalue weighted by molar-refractivity contribution is -0.135. The predicted octanol–water partition coefficient (Wildman–Crippen LogP) is 2.11. The van der Waals surface area contributed by atoms with Gasteiger partial charge in [-0.15, -0.1) is 0 Å². The van der Waals surface area contributed by atoms with Gasteiger partial charge < -0.3 is 10.2 Å². The second-order valence-corrected chi connectivity index (χ2v) is 7.28. The summed E-state index contributed by atoms with van der Waals surface area (Å²) in [5.41, 5.74) is 3.80.